The maximum absolute atomic E-state index is 13.1. The molecular formula is C30H33ClN2O4S. The number of aromatic nitrogens is 2. The number of halogens is 1. The normalized spacial score (nSPS) is 15.1. The van der Waals surface area contributed by atoms with Crippen LogP contribution in [0.25, 0.3) is 21.6 Å². The molecule has 0 fully saturated rings. The second-order valence-corrected chi connectivity index (χ2v) is 11.8. The van der Waals surface area contributed by atoms with E-state index >= 15 is 0 Å². The lowest BCUT2D eigenvalue weighted by atomic mass is 9.89. The molecule has 0 radical (unpaired) electrons. The largest absolute Gasteiger partial charge is 0.493 e. The highest BCUT2D eigenvalue weighted by atomic mass is 35.5. The first-order valence-corrected chi connectivity index (χ1v) is 14.2. The number of hydrogen-bond donors (Lipinski definition) is 1. The van der Waals surface area contributed by atoms with Crippen LogP contribution in [-0.2, 0) is 12.8 Å². The van der Waals surface area contributed by atoms with Gasteiger partial charge in [-0.3, -0.25) is 4.79 Å². The molecule has 1 atom stereocenters. The molecule has 0 amide bonds. The van der Waals surface area contributed by atoms with Crippen LogP contribution in [-0.4, -0.2) is 30.3 Å². The Morgan fingerprint density at radius 1 is 1.16 bits per heavy atom. The summed E-state index contributed by atoms with van der Waals surface area (Å²) in [5.41, 5.74) is 4.02. The molecule has 0 bridgehead atoms. The molecule has 2 aromatic heterocycles. The van der Waals surface area contributed by atoms with E-state index in [1.54, 1.807) is 30.6 Å². The molecule has 8 heteroatoms. The van der Waals surface area contributed by atoms with E-state index in [1.807, 2.05) is 13.0 Å². The fourth-order valence-electron chi connectivity index (χ4n) is 5.02. The Hall–Kier alpha value is -3.03. The highest BCUT2D eigenvalue weighted by Crippen LogP contribution is 2.40. The van der Waals surface area contributed by atoms with Gasteiger partial charge in [-0.1, -0.05) is 44.5 Å². The van der Waals surface area contributed by atoms with Crippen molar-refractivity contribution in [3.63, 3.8) is 0 Å². The number of nitrogens with one attached hydrogen (secondary N) is 1. The minimum absolute atomic E-state index is 0.110. The van der Waals surface area contributed by atoms with Gasteiger partial charge in [0.15, 0.2) is 11.5 Å². The van der Waals surface area contributed by atoms with Gasteiger partial charge in [-0.15, -0.1) is 11.3 Å². The van der Waals surface area contributed by atoms with Crippen molar-refractivity contribution in [1.82, 2.24) is 9.97 Å². The van der Waals surface area contributed by atoms with Crippen LogP contribution >= 0.6 is 22.9 Å². The lowest BCUT2D eigenvalue weighted by Gasteiger charge is -2.17. The molecule has 0 saturated carbocycles. The van der Waals surface area contributed by atoms with Crippen LogP contribution in [0, 0.1) is 12.8 Å². The van der Waals surface area contributed by atoms with Gasteiger partial charge in [-0.05, 0) is 72.9 Å². The van der Waals surface area contributed by atoms with Gasteiger partial charge in [0.25, 0.3) is 5.56 Å². The summed E-state index contributed by atoms with van der Waals surface area (Å²) in [6, 6.07) is 9.79. The topological polar surface area (TPSA) is 73.4 Å². The molecule has 0 saturated heterocycles. The van der Waals surface area contributed by atoms with Crippen LogP contribution < -0.4 is 19.8 Å². The maximum Gasteiger partial charge on any atom is 0.260 e. The zero-order valence-corrected chi connectivity index (χ0v) is 24.0. The standard InChI is InChI=1S/C30H33ClN2O4S/c1-16(2)20-8-6-17(3)12-23(20)36-10-11-37-27-22(31)14-19(15-24(27)35-5)28-32-29(34)26-21-9-7-18(4)13-25(21)38-30(26)33-28/h6,8,12,14-16,18H,7,9-11,13H2,1-5H3,(H,32,33,34). The van der Waals surface area contributed by atoms with Crippen LogP contribution in [0.2, 0.25) is 5.02 Å². The number of H-pyrrole nitrogens is 1. The number of fused-ring (bicyclic) bond motifs is 3. The van der Waals surface area contributed by atoms with Gasteiger partial charge in [0.2, 0.25) is 0 Å². The van der Waals surface area contributed by atoms with Crippen molar-refractivity contribution in [1.29, 1.82) is 0 Å². The first-order chi connectivity index (χ1) is 18.2. The molecule has 1 aliphatic rings. The van der Waals surface area contributed by atoms with Crippen molar-refractivity contribution >= 4 is 33.2 Å². The lowest BCUT2D eigenvalue weighted by molar-refractivity contribution is 0.210. The Kier molecular flexibility index (Phi) is 7.68. The van der Waals surface area contributed by atoms with Crippen molar-refractivity contribution < 1.29 is 14.2 Å². The Balaban J connectivity index is 1.36. The molecule has 2 heterocycles. The molecule has 5 rings (SSSR count). The maximum atomic E-state index is 13.1. The van der Waals surface area contributed by atoms with E-state index in [1.165, 1.54) is 4.88 Å². The number of methoxy groups -OCH3 is 1. The van der Waals surface area contributed by atoms with Crippen LogP contribution in [0.3, 0.4) is 0 Å². The SMILES string of the molecule is COc1cc(-c2nc3sc4c(c3c(=O)[nH]2)CCC(C)C4)cc(Cl)c1OCCOc1cc(C)ccc1C(C)C. The minimum atomic E-state index is -0.110. The van der Waals surface area contributed by atoms with Crippen molar-refractivity contribution in [2.45, 2.75) is 52.9 Å². The van der Waals surface area contributed by atoms with E-state index < -0.39 is 0 Å². The summed E-state index contributed by atoms with van der Waals surface area (Å²) in [4.78, 5) is 22.9. The van der Waals surface area contributed by atoms with Crippen LogP contribution in [0.5, 0.6) is 17.2 Å². The Labute approximate surface area is 231 Å². The summed E-state index contributed by atoms with van der Waals surface area (Å²) >= 11 is 8.27. The number of aryl methyl sites for hydroxylation is 2. The number of hydrogen-bond acceptors (Lipinski definition) is 6. The van der Waals surface area contributed by atoms with Crippen molar-refractivity contribution in [3.05, 3.63) is 67.3 Å². The third-order valence-corrected chi connectivity index (χ3v) is 8.48. The minimum Gasteiger partial charge on any atom is -0.493 e. The average molecular weight is 553 g/mol. The molecule has 2 aromatic carbocycles. The summed E-state index contributed by atoms with van der Waals surface area (Å²) < 4.78 is 17.6. The fraction of sp³-hybridized carbons (Fsp3) is 0.400. The second-order valence-electron chi connectivity index (χ2n) is 10.3. The Bertz CT molecular complexity index is 1540. The zero-order chi connectivity index (χ0) is 27.0. The molecule has 1 N–H and O–H groups in total. The first-order valence-electron chi connectivity index (χ1n) is 13.0. The first kappa shape index (κ1) is 26.6. The number of aromatic amines is 1. The number of rotatable bonds is 8. The summed E-state index contributed by atoms with van der Waals surface area (Å²) in [7, 11) is 1.56. The molecule has 0 spiro atoms. The summed E-state index contributed by atoms with van der Waals surface area (Å²) in [6.07, 6.45) is 3.03. The molecule has 0 aliphatic heterocycles. The quantitative estimate of drug-likeness (QED) is 0.232. The molecule has 6 nitrogen and oxygen atoms in total. The number of ether oxygens (including phenoxy) is 3. The van der Waals surface area contributed by atoms with E-state index in [4.69, 9.17) is 30.8 Å². The van der Waals surface area contributed by atoms with E-state index in [2.05, 4.69) is 37.9 Å². The van der Waals surface area contributed by atoms with Gasteiger partial charge in [0.1, 0.15) is 29.6 Å². The van der Waals surface area contributed by atoms with E-state index in [0.717, 1.165) is 51.9 Å². The van der Waals surface area contributed by atoms with Crippen LogP contribution in [0.15, 0.2) is 35.1 Å². The summed E-state index contributed by atoms with van der Waals surface area (Å²) in [5, 5.41) is 1.10. The smallest absolute Gasteiger partial charge is 0.260 e. The lowest BCUT2D eigenvalue weighted by Crippen LogP contribution is -2.13. The van der Waals surface area contributed by atoms with Crippen LogP contribution in [0.4, 0.5) is 0 Å². The monoisotopic (exact) mass is 552 g/mol. The van der Waals surface area contributed by atoms with Gasteiger partial charge in [0, 0.05) is 10.4 Å². The highest BCUT2D eigenvalue weighted by molar-refractivity contribution is 7.18. The molecule has 38 heavy (non-hydrogen) atoms. The van der Waals surface area contributed by atoms with E-state index in [0.29, 0.717) is 53.0 Å². The number of nitrogens with zero attached hydrogens (tertiary/aromatic N) is 1. The third-order valence-electron chi connectivity index (χ3n) is 7.05. The zero-order valence-electron chi connectivity index (χ0n) is 22.4. The summed E-state index contributed by atoms with van der Waals surface area (Å²) in [5.74, 6) is 3.21. The third kappa shape index (κ3) is 5.27. The van der Waals surface area contributed by atoms with Crippen LogP contribution in [0.1, 0.15) is 54.7 Å². The molecular weight excluding hydrogens is 520 g/mol. The van der Waals surface area contributed by atoms with E-state index in [-0.39, 0.29) is 5.56 Å². The van der Waals surface area contributed by atoms with Gasteiger partial charge in [-0.25, -0.2) is 4.98 Å². The Morgan fingerprint density at radius 2 is 1.95 bits per heavy atom. The van der Waals surface area contributed by atoms with Gasteiger partial charge >= 0.3 is 0 Å². The van der Waals surface area contributed by atoms with E-state index in [9.17, 15) is 4.79 Å². The molecule has 4 aromatic rings. The number of benzene rings is 2. The van der Waals surface area contributed by atoms with Crippen molar-refractivity contribution in [2.75, 3.05) is 20.3 Å². The second kappa shape index (κ2) is 11.0. The molecule has 1 unspecified atom stereocenters. The predicted octanol–water partition coefficient (Wildman–Crippen LogP) is 7.33. The van der Waals surface area contributed by atoms with Gasteiger partial charge < -0.3 is 19.2 Å². The van der Waals surface area contributed by atoms with Crippen molar-refractivity contribution in [3.8, 4) is 28.6 Å². The number of thiophene rings is 1. The summed E-state index contributed by atoms with van der Waals surface area (Å²) in [6.45, 7) is 9.25. The molecule has 200 valence electrons. The fourth-order valence-corrected chi connectivity index (χ4v) is 6.67. The van der Waals surface area contributed by atoms with Gasteiger partial charge in [0.05, 0.1) is 17.5 Å². The average Bonchev–Trinajstić information content (AvgIpc) is 3.24. The molecule has 1 aliphatic carbocycles. The van der Waals surface area contributed by atoms with Gasteiger partial charge in [-0.2, -0.15) is 0 Å². The van der Waals surface area contributed by atoms with Crippen molar-refractivity contribution in [2.24, 2.45) is 5.92 Å². The highest BCUT2D eigenvalue weighted by Gasteiger charge is 2.24. The predicted molar refractivity (Wildman–Crippen MR) is 155 cm³/mol. The Morgan fingerprint density at radius 3 is 2.71 bits per heavy atom.